The van der Waals surface area contributed by atoms with E-state index in [9.17, 15) is 0 Å². The Labute approximate surface area is 104 Å². The quantitative estimate of drug-likeness (QED) is 0.600. The van der Waals surface area contributed by atoms with Crippen molar-refractivity contribution in [2.75, 3.05) is 26.4 Å². The molecule has 17 heavy (non-hydrogen) atoms. The van der Waals surface area contributed by atoms with E-state index in [1.54, 1.807) is 0 Å². The summed E-state index contributed by atoms with van der Waals surface area (Å²) < 4.78 is 29.0. The molecule has 4 aliphatic heterocycles. The van der Waals surface area contributed by atoms with Gasteiger partial charge in [0.1, 0.15) is 17.6 Å². The van der Waals surface area contributed by atoms with Gasteiger partial charge in [-0.1, -0.05) is 0 Å². The highest BCUT2D eigenvalue weighted by molar-refractivity contribution is 6.22. The summed E-state index contributed by atoms with van der Waals surface area (Å²) in [5.41, 5.74) is 0. The fourth-order valence-corrected chi connectivity index (χ4v) is 3.92. The molecule has 4 fully saturated rings. The lowest BCUT2D eigenvalue weighted by atomic mass is 9.96. The van der Waals surface area contributed by atoms with Crippen molar-refractivity contribution in [3.63, 3.8) is 0 Å². The van der Waals surface area contributed by atoms with Crippen molar-refractivity contribution in [3.05, 3.63) is 0 Å². The molecule has 0 amide bonds. The molecule has 4 saturated heterocycles. The van der Waals surface area contributed by atoms with Gasteiger partial charge in [-0.3, -0.25) is 0 Å². The molecule has 96 valence electrons. The van der Waals surface area contributed by atoms with Crippen LogP contribution >= 0.6 is 11.6 Å². The average molecular weight is 263 g/mol. The molecule has 0 saturated carbocycles. The van der Waals surface area contributed by atoms with E-state index in [2.05, 4.69) is 0 Å². The molecule has 2 atom stereocenters. The molecule has 0 radical (unpaired) electrons. The summed E-state index contributed by atoms with van der Waals surface area (Å²) in [4.78, 5) is 0. The summed E-state index contributed by atoms with van der Waals surface area (Å²) in [6.45, 7) is 2.18. The van der Waals surface area contributed by atoms with Crippen LogP contribution in [0, 0.1) is 0 Å². The van der Waals surface area contributed by atoms with E-state index in [-0.39, 0.29) is 12.2 Å². The summed E-state index contributed by atoms with van der Waals surface area (Å²) in [5, 5.41) is -0.480. The van der Waals surface area contributed by atoms with Crippen LogP contribution in [0.25, 0.3) is 0 Å². The summed E-state index contributed by atoms with van der Waals surface area (Å²) in [6.07, 6.45) is 1.55. The van der Waals surface area contributed by atoms with Crippen LogP contribution in [-0.2, 0) is 23.7 Å². The second kappa shape index (κ2) is 3.56. The number of ether oxygens (including phenoxy) is 5. The Bertz CT molecular complexity index is 294. The van der Waals surface area contributed by atoms with E-state index in [1.165, 1.54) is 0 Å². The second-order valence-electron chi connectivity index (χ2n) is 4.89. The van der Waals surface area contributed by atoms with Crippen molar-refractivity contribution < 1.29 is 23.7 Å². The van der Waals surface area contributed by atoms with Gasteiger partial charge in [0, 0.05) is 0 Å². The number of alkyl halides is 1. The maximum absolute atomic E-state index is 6.59. The number of hydrogen-bond donors (Lipinski definition) is 0. The second-order valence-corrected chi connectivity index (χ2v) is 5.33. The van der Waals surface area contributed by atoms with Gasteiger partial charge in [-0.15, -0.1) is 11.6 Å². The topological polar surface area (TPSA) is 46.2 Å². The molecule has 0 aliphatic carbocycles. The Kier molecular flexibility index (Phi) is 2.29. The highest BCUT2D eigenvalue weighted by Gasteiger charge is 2.71. The molecular weight excluding hydrogens is 248 g/mol. The van der Waals surface area contributed by atoms with Crippen LogP contribution < -0.4 is 0 Å². The summed E-state index contributed by atoms with van der Waals surface area (Å²) in [6, 6.07) is 0. The van der Waals surface area contributed by atoms with Crippen LogP contribution in [0.5, 0.6) is 0 Å². The SMILES string of the molecule is ClC1C2(OCCO2)[C@H]2CC[C@@H](O2)C12OCCO2. The zero-order valence-corrected chi connectivity index (χ0v) is 10.1. The van der Waals surface area contributed by atoms with Crippen LogP contribution in [0.4, 0.5) is 0 Å². The molecule has 5 nitrogen and oxygen atoms in total. The van der Waals surface area contributed by atoms with Gasteiger partial charge in [0.15, 0.2) is 0 Å². The molecule has 0 unspecified atom stereocenters. The van der Waals surface area contributed by atoms with Crippen molar-refractivity contribution in [2.45, 2.75) is 42.0 Å². The smallest absolute Gasteiger partial charge is 0.217 e. The van der Waals surface area contributed by atoms with Gasteiger partial charge in [0.2, 0.25) is 11.6 Å². The van der Waals surface area contributed by atoms with Gasteiger partial charge < -0.3 is 23.7 Å². The van der Waals surface area contributed by atoms with E-state index in [4.69, 9.17) is 35.3 Å². The van der Waals surface area contributed by atoms with Crippen molar-refractivity contribution in [3.8, 4) is 0 Å². The lowest BCUT2D eigenvalue weighted by Gasteiger charge is -2.49. The standard InChI is InChI=1S/C11H15ClO5/c12-9-10(13-3-4-14-10)7-1-2-8(17-7)11(9)15-5-6-16-11/h7-9H,1-6H2/t7-,8-/m1/s1. The highest BCUT2D eigenvalue weighted by Crippen LogP contribution is 2.53. The summed E-state index contributed by atoms with van der Waals surface area (Å²) >= 11 is 6.59. The molecule has 4 heterocycles. The van der Waals surface area contributed by atoms with Gasteiger partial charge in [0.05, 0.1) is 26.4 Å². The minimum Gasteiger partial charge on any atom is -0.364 e. The predicted molar refractivity (Wildman–Crippen MR) is 56.8 cm³/mol. The maximum Gasteiger partial charge on any atom is 0.217 e. The molecule has 4 rings (SSSR count). The van der Waals surface area contributed by atoms with E-state index in [1.807, 2.05) is 0 Å². The third-order valence-electron chi connectivity index (χ3n) is 4.10. The molecule has 4 aliphatic rings. The lowest BCUT2D eigenvalue weighted by Crippen LogP contribution is -2.68. The first-order valence-corrected chi connectivity index (χ1v) is 6.57. The molecule has 0 aromatic carbocycles. The third kappa shape index (κ3) is 1.22. The number of halogens is 1. The monoisotopic (exact) mass is 262 g/mol. The average Bonchev–Trinajstić information content (AvgIpc) is 3.07. The van der Waals surface area contributed by atoms with E-state index in [0.29, 0.717) is 26.4 Å². The zero-order valence-electron chi connectivity index (χ0n) is 9.39. The maximum atomic E-state index is 6.59. The number of rotatable bonds is 0. The third-order valence-corrected chi connectivity index (χ3v) is 4.71. The summed E-state index contributed by atoms with van der Waals surface area (Å²) in [5.74, 6) is -1.78. The van der Waals surface area contributed by atoms with Crippen molar-refractivity contribution >= 4 is 11.6 Å². The van der Waals surface area contributed by atoms with Crippen molar-refractivity contribution in [1.29, 1.82) is 0 Å². The fraction of sp³-hybridized carbons (Fsp3) is 1.00. The van der Waals surface area contributed by atoms with E-state index >= 15 is 0 Å². The van der Waals surface area contributed by atoms with Gasteiger partial charge >= 0.3 is 0 Å². The van der Waals surface area contributed by atoms with Crippen LogP contribution in [0.2, 0.25) is 0 Å². The molecular formula is C11H15ClO5. The molecule has 2 bridgehead atoms. The van der Waals surface area contributed by atoms with Gasteiger partial charge in [-0.05, 0) is 12.8 Å². The Morgan fingerprint density at radius 1 is 0.765 bits per heavy atom. The zero-order chi connectivity index (χ0) is 11.5. The van der Waals surface area contributed by atoms with Gasteiger partial charge in [-0.2, -0.15) is 0 Å². The first-order chi connectivity index (χ1) is 8.28. The molecule has 2 spiro atoms. The van der Waals surface area contributed by atoms with E-state index < -0.39 is 17.0 Å². The first kappa shape index (κ1) is 11.0. The number of fused-ring (bicyclic) bond motifs is 4. The van der Waals surface area contributed by atoms with Crippen molar-refractivity contribution in [2.24, 2.45) is 0 Å². The lowest BCUT2D eigenvalue weighted by molar-refractivity contribution is -0.344. The van der Waals surface area contributed by atoms with Crippen molar-refractivity contribution in [1.82, 2.24) is 0 Å². The predicted octanol–water partition coefficient (Wildman–Crippen LogP) is 0.641. The van der Waals surface area contributed by atoms with Crippen LogP contribution in [0.3, 0.4) is 0 Å². The molecule has 6 heteroatoms. The fourth-order valence-electron chi connectivity index (χ4n) is 3.39. The largest absolute Gasteiger partial charge is 0.364 e. The molecule has 0 aromatic rings. The minimum atomic E-state index is -0.890. The van der Waals surface area contributed by atoms with Crippen LogP contribution in [0.15, 0.2) is 0 Å². The molecule has 0 aromatic heterocycles. The Morgan fingerprint density at radius 2 is 1.18 bits per heavy atom. The normalized spacial score (nSPS) is 46.1. The van der Waals surface area contributed by atoms with E-state index in [0.717, 1.165) is 12.8 Å². The Balaban J connectivity index is 1.77. The summed E-state index contributed by atoms with van der Waals surface area (Å²) in [7, 11) is 0. The minimum absolute atomic E-state index is 0.101. The van der Waals surface area contributed by atoms with Crippen LogP contribution in [-0.4, -0.2) is 55.6 Å². The Morgan fingerprint density at radius 3 is 1.59 bits per heavy atom. The molecule has 0 N–H and O–H groups in total. The first-order valence-electron chi connectivity index (χ1n) is 6.13. The highest BCUT2D eigenvalue weighted by atomic mass is 35.5. The van der Waals surface area contributed by atoms with Gasteiger partial charge in [0.25, 0.3) is 0 Å². The Hall–Kier alpha value is 0.0900. The number of hydrogen-bond acceptors (Lipinski definition) is 5. The van der Waals surface area contributed by atoms with Crippen LogP contribution in [0.1, 0.15) is 12.8 Å². The van der Waals surface area contributed by atoms with Gasteiger partial charge in [-0.25, -0.2) is 0 Å².